The van der Waals surface area contributed by atoms with Crippen LogP contribution in [-0.4, -0.2) is 51.6 Å². The molecule has 148 valence electrons. The summed E-state index contributed by atoms with van der Waals surface area (Å²) in [6.07, 6.45) is 2.63. The highest BCUT2D eigenvalue weighted by Gasteiger charge is 2.23. The summed E-state index contributed by atoms with van der Waals surface area (Å²) in [7, 11) is 4.69. The van der Waals surface area contributed by atoms with Gasteiger partial charge in [0.15, 0.2) is 5.78 Å². The molecule has 0 spiro atoms. The van der Waals surface area contributed by atoms with Crippen molar-refractivity contribution < 1.29 is 19.0 Å². The minimum atomic E-state index is 0. The number of methoxy groups -OCH3 is 3. The quantitative estimate of drug-likeness (QED) is 0.631. The Kier molecular flexibility index (Phi) is 9.23. The number of hydrogen-bond acceptors (Lipinski definition) is 5. The van der Waals surface area contributed by atoms with Crippen LogP contribution >= 0.6 is 12.4 Å². The molecule has 0 radical (unpaired) electrons. The van der Waals surface area contributed by atoms with Crippen LogP contribution < -0.4 is 14.2 Å². The topological polar surface area (TPSA) is 48.0 Å². The van der Waals surface area contributed by atoms with Crippen LogP contribution in [0.1, 0.15) is 43.5 Å². The summed E-state index contributed by atoms with van der Waals surface area (Å²) in [5, 5.41) is 0. The third-order valence-electron chi connectivity index (χ3n) is 4.82. The lowest BCUT2D eigenvalue weighted by molar-refractivity contribution is 0.0956. The number of likely N-dealkylation sites (tertiary alicyclic amines) is 1. The van der Waals surface area contributed by atoms with Crippen LogP contribution in [0.25, 0.3) is 0 Å². The standard InChI is InChI=1S/C20H31NO4.ClH/c1-14-9-15(2)13-21(12-14)8-6-7-17(22)20-18(24-4)10-16(23-3)11-19(20)25-5;/h10-11,14-15H,6-9,12-13H2,1-5H3;1H. The lowest BCUT2D eigenvalue weighted by atomic mass is 9.91. The van der Waals surface area contributed by atoms with Crippen LogP contribution in [0.3, 0.4) is 0 Å². The predicted molar refractivity (Wildman–Crippen MR) is 106 cm³/mol. The summed E-state index contributed by atoms with van der Waals surface area (Å²) >= 11 is 0. The molecule has 2 unspecified atom stereocenters. The molecule has 2 atom stereocenters. The number of rotatable bonds is 8. The minimum absolute atomic E-state index is 0. The molecule has 0 amide bonds. The molecule has 1 saturated heterocycles. The van der Waals surface area contributed by atoms with Crippen molar-refractivity contribution in [1.29, 1.82) is 0 Å². The summed E-state index contributed by atoms with van der Waals surface area (Å²) in [5.41, 5.74) is 0.506. The number of benzene rings is 1. The van der Waals surface area contributed by atoms with Gasteiger partial charge in [-0.25, -0.2) is 0 Å². The van der Waals surface area contributed by atoms with Crippen LogP contribution in [0.2, 0.25) is 0 Å². The second-order valence-corrected chi connectivity index (χ2v) is 7.14. The van der Waals surface area contributed by atoms with Crippen molar-refractivity contribution >= 4 is 18.2 Å². The lowest BCUT2D eigenvalue weighted by Gasteiger charge is -2.34. The van der Waals surface area contributed by atoms with Crippen molar-refractivity contribution in [3.8, 4) is 17.2 Å². The van der Waals surface area contributed by atoms with Crippen LogP contribution in [-0.2, 0) is 0 Å². The third-order valence-corrected chi connectivity index (χ3v) is 4.82. The van der Waals surface area contributed by atoms with Crippen molar-refractivity contribution in [2.45, 2.75) is 33.1 Å². The molecule has 1 aromatic carbocycles. The number of nitrogens with zero attached hydrogens (tertiary/aromatic N) is 1. The molecular formula is C20H32ClNO4. The molecule has 6 heteroatoms. The van der Waals surface area contributed by atoms with Gasteiger partial charge in [0.1, 0.15) is 22.8 Å². The fourth-order valence-electron chi connectivity index (χ4n) is 3.84. The van der Waals surface area contributed by atoms with E-state index in [2.05, 4.69) is 18.7 Å². The van der Waals surface area contributed by atoms with Gasteiger partial charge in [-0.2, -0.15) is 0 Å². The Bertz CT molecular complexity index is 558. The van der Waals surface area contributed by atoms with E-state index in [1.807, 2.05) is 0 Å². The molecule has 1 aliphatic rings. The summed E-state index contributed by atoms with van der Waals surface area (Å²) in [5.74, 6) is 3.14. The average molecular weight is 386 g/mol. The molecule has 1 heterocycles. The maximum atomic E-state index is 12.8. The first-order valence-corrected chi connectivity index (χ1v) is 9.04. The van der Waals surface area contributed by atoms with E-state index in [4.69, 9.17) is 14.2 Å². The molecule has 1 fully saturated rings. The van der Waals surface area contributed by atoms with E-state index in [0.717, 1.165) is 37.9 Å². The monoisotopic (exact) mass is 385 g/mol. The van der Waals surface area contributed by atoms with Gasteiger partial charge in [-0.05, 0) is 31.2 Å². The Morgan fingerprint density at radius 1 is 1.04 bits per heavy atom. The molecule has 1 aromatic rings. The Morgan fingerprint density at radius 2 is 1.58 bits per heavy atom. The summed E-state index contributed by atoms with van der Waals surface area (Å²) < 4.78 is 16.0. The van der Waals surface area contributed by atoms with Gasteiger partial charge in [-0.15, -0.1) is 12.4 Å². The van der Waals surface area contributed by atoms with E-state index in [0.29, 0.717) is 29.2 Å². The molecule has 1 aliphatic heterocycles. The fraction of sp³-hybridized carbons (Fsp3) is 0.650. The van der Waals surface area contributed by atoms with Crippen LogP contribution in [0, 0.1) is 11.8 Å². The van der Waals surface area contributed by atoms with Gasteiger partial charge in [-0.3, -0.25) is 4.79 Å². The molecule has 2 rings (SSSR count). The first-order valence-electron chi connectivity index (χ1n) is 9.04. The Hall–Kier alpha value is -1.46. The molecule has 0 aromatic heterocycles. The second-order valence-electron chi connectivity index (χ2n) is 7.14. The molecule has 0 aliphatic carbocycles. The normalized spacial score (nSPS) is 20.2. The Labute approximate surface area is 163 Å². The molecule has 0 saturated carbocycles. The average Bonchev–Trinajstić information content (AvgIpc) is 2.59. The second kappa shape index (κ2) is 10.6. The zero-order valence-electron chi connectivity index (χ0n) is 16.5. The van der Waals surface area contributed by atoms with E-state index in [1.54, 1.807) is 33.5 Å². The van der Waals surface area contributed by atoms with E-state index in [-0.39, 0.29) is 18.2 Å². The van der Waals surface area contributed by atoms with Crippen LogP contribution in [0.4, 0.5) is 0 Å². The number of ether oxygens (including phenoxy) is 3. The van der Waals surface area contributed by atoms with Gasteiger partial charge in [0.2, 0.25) is 0 Å². The van der Waals surface area contributed by atoms with E-state index in [9.17, 15) is 4.79 Å². The van der Waals surface area contributed by atoms with Gasteiger partial charge in [0.25, 0.3) is 0 Å². The third kappa shape index (κ3) is 5.78. The number of hydrogen-bond donors (Lipinski definition) is 0. The van der Waals surface area contributed by atoms with Crippen molar-refractivity contribution in [3.05, 3.63) is 17.7 Å². The van der Waals surface area contributed by atoms with E-state index >= 15 is 0 Å². The molecule has 26 heavy (non-hydrogen) atoms. The van der Waals surface area contributed by atoms with Crippen molar-refractivity contribution in [1.82, 2.24) is 4.90 Å². The Morgan fingerprint density at radius 3 is 2.04 bits per heavy atom. The highest BCUT2D eigenvalue weighted by atomic mass is 35.5. The number of piperidine rings is 1. The Balaban J connectivity index is 0.00000338. The molecule has 0 bridgehead atoms. The first kappa shape index (κ1) is 22.6. The highest BCUT2D eigenvalue weighted by molar-refractivity contribution is 6.01. The maximum absolute atomic E-state index is 12.8. The van der Waals surface area contributed by atoms with Crippen LogP contribution in [0.15, 0.2) is 12.1 Å². The van der Waals surface area contributed by atoms with Gasteiger partial charge < -0.3 is 19.1 Å². The predicted octanol–water partition coefficient (Wildman–Crippen LogP) is 4.08. The van der Waals surface area contributed by atoms with Gasteiger partial charge >= 0.3 is 0 Å². The van der Waals surface area contributed by atoms with E-state index < -0.39 is 0 Å². The number of ketones is 1. The summed E-state index contributed by atoms with van der Waals surface area (Å²) in [4.78, 5) is 15.2. The number of halogens is 1. The zero-order chi connectivity index (χ0) is 18.4. The molecule has 0 N–H and O–H groups in total. The highest BCUT2D eigenvalue weighted by Crippen LogP contribution is 2.35. The molecular weight excluding hydrogens is 354 g/mol. The number of carbonyl (C=O) groups is 1. The van der Waals surface area contributed by atoms with E-state index in [1.165, 1.54) is 6.42 Å². The smallest absolute Gasteiger partial charge is 0.170 e. The number of Topliss-reactive ketones (excluding diaryl/α,β-unsaturated/α-hetero) is 1. The molecule has 5 nitrogen and oxygen atoms in total. The van der Waals surface area contributed by atoms with Crippen LogP contribution in [0.5, 0.6) is 17.2 Å². The first-order chi connectivity index (χ1) is 12.0. The van der Waals surface area contributed by atoms with Gasteiger partial charge in [-0.1, -0.05) is 13.8 Å². The van der Waals surface area contributed by atoms with Crippen molar-refractivity contribution in [3.63, 3.8) is 0 Å². The van der Waals surface area contributed by atoms with Crippen molar-refractivity contribution in [2.24, 2.45) is 11.8 Å². The number of carbonyl (C=O) groups excluding carboxylic acids is 1. The zero-order valence-corrected chi connectivity index (χ0v) is 17.4. The summed E-state index contributed by atoms with van der Waals surface area (Å²) in [6.45, 7) is 7.84. The largest absolute Gasteiger partial charge is 0.496 e. The maximum Gasteiger partial charge on any atom is 0.170 e. The fourth-order valence-corrected chi connectivity index (χ4v) is 3.84. The van der Waals surface area contributed by atoms with Crippen molar-refractivity contribution in [2.75, 3.05) is 41.0 Å². The minimum Gasteiger partial charge on any atom is -0.496 e. The van der Waals surface area contributed by atoms with Gasteiger partial charge in [0.05, 0.1) is 21.3 Å². The van der Waals surface area contributed by atoms with Gasteiger partial charge in [0, 0.05) is 31.6 Å². The summed E-state index contributed by atoms with van der Waals surface area (Å²) in [6, 6.07) is 3.45. The SMILES string of the molecule is COc1cc(OC)c(C(=O)CCCN2CC(C)CC(C)C2)c(OC)c1.Cl. The lowest BCUT2D eigenvalue weighted by Crippen LogP contribution is -2.39.